The average molecular weight is 239 g/mol. The maximum atomic E-state index is 5.72. The quantitative estimate of drug-likeness (QED) is 0.703. The third kappa shape index (κ3) is 5.56. The fourth-order valence-corrected chi connectivity index (χ4v) is 1.26. The van der Waals surface area contributed by atoms with Gasteiger partial charge in [-0.15, -0.1) is 0 Å². The highest BCUT2D eigenvalue weighted by molar-refractivity contribution is 5.32. The molecule has 0 aliphatic carbocycles. The lowest BCUT2D eigenvalue weighted by molar-refractivity contribution is 0.0896. The first kappa shape index (κ1) is 13.8. The molecule has 1 unspecified atom stereocenters. The maximum Gasteiger partial charge on any atom is 0.123 e. The molecule has 0 radical (unpaired) electrons. The van der Waals surface area contributed by atoms with E-state index in [0.717, 1.165) is 17.9 Å². The third-order valence-electron chi connectivity index (χ3n) is 2.39. The number of hydrogen-bond donors (Lipinski definition) is 1. The van der Waals surface area contributed by atoms with Crippen LogP contribution < -0.4 is 15.2 Å². The molecule has 96 valence electrons. The van der Waals surface area contributed by atoms with Crippen LogP contribution in [0.1, 0.15) is 13.3 Å². The molecule has 0 saturated heterocycles. The first-order valence-corrected chi connectivity index (χ1v) is 5.86. The Morgan fingerprint density at radius 1 is 1.24 bits per heavy atom. The molecule has 2 N–H and O–H groups in total. The number of methoxy groups -OCH3 is 1. The summed E-state index contributed by atoms with van der Waals surface area (Å²) in [6, 6.07) is 7.62. The number of ether oxygens (including phenoxy) is 3. The highest BCUT2D eigenvalue weighted by Gasteiger charge is 1.99. The summed E-state index contributed by atoms with van der Waals surface area (Å²) in [6.07, 6.45) is 0.927. The lowest BCUT2D eigenvalue weighted by Gasteiger charge is -2.10. The summed E-state index contributed by atoms with van der Waals surface area (Å²) in [4.78, 5) is 0. The van der Waals surface area contributed by atoms with Gasteiger partial charge in [0.15, 0.2) is 0 Å². The van der Waals surface area contributed by atoms with Crippen molar-refractivity contribution in [2.24, 2.45) is 5.73 Å². The molecule has 0 amide bonds. The molecule has 0 bridgehead atoms. The van der Waals surface area contributed by atoms with Crippen molar-refractivity contribution < 1.29 is 14.2 Å². The predicted octanol–water partition coefficient (Wildman–Crippen LogP) is 1.83. The molecule has 0 aromatic heterocycles. The molecular formula is C13H21NO3. The van der Waals surface area contributed by atoms with E-state index in [1.54, 1.807) is 7.11 Å². The van der Waals surface area contributed by atoms with Crippen LogP contribution in [0.25, 0.3) is 0 Å². The Labute approximate surface area is 103 Å². The molecule has 0 fully saturated rings. The summed E-state index contributed by atoms with van der Waals surface area (Å²) in [5.41, 5.74) is 5.72. The van der Waals surface area contributed by atoms with Gasteiger partial charge in [0.05, 0.1) is 20.3 Å². The van der Waals surface area contributed by atoms with E-state index in [2.05, 4.69) is 0 Å². The van der Waals surface area contributed by atoms with Crippen molar-refractivity contribution in [3.63, 3.8) is 0 Å². The van der Waals surface area contributed by atoms with Gasteiger partial charge in [-0.05, 0) is 18.6 Å². The third-order valence-corrected chi connectivity index (χ3v) is 2.39. The van der Waals surface area contributed by atoms with Crippen molar-refractivity contribution in [2.75, 3.05) is 26.9 Å². The smallest absolute Gasteiger partial charge is 0.123 e. The Kier molecular flexibility index (Phi) is 6.43. The van der Waals surface area contributed by atoms with E-state index in [-0.39, 0.29) is 6.04 Å². The van der Waals surface area contributed by atoms with Crippen molar-refractivity contribution >= 4 is 0 Å². The molecule has 1 aromatic rings. The Morgan fingerprint density at radius 2 is 2.00 bits per heavy atom. The normalized spacial score (nSPS) is 12.2. The van der Waals surface area contributed by atoms with Crippen LogP contribution in [0.3, 0.4) is 0 Å². The van der Waals surface area contributed by atoms with E-state index in [4.69, 9.17) is 19.9 Å². The fourth-order valence-electron chi connectivity index (χ4n) is 1.26. The topological polar surface area (TPSA) is 53.7 Å². The monoisotopic (exact) mass is 239 g/mol. The van der Waals surface area contributed by atoms with Gasteiger partial charge in [0.1, 0.15) is 18.1 Å². The van der Waals surface area contributed by atoms with Crippen molar-refractivity contribution in [1.82, 2.24) is 0 Å². The number of nitrogens with two attached hydrogens (primary N) is 1. The first-order chi connectivity index (χ1) is 8.26. The molecular weight excluding hydrogens is 218 g/mol. The van der Waals surface area contributed by atoms with Crippen LogP contribution in [0.4, 0.5) is 0 Å². The van der Waals surface area contributed by atoms with E-state index < -0.39 is 0 Å². The van der Waals surface area contributed by atoms with Crippen molar-refractivity contribution in [2.45, 2.75) is 19.4 Å². The van der Waals surface area contributed by atoms with E-state index >= 15 is 0 Å². The lowest BCUT2D eigenvalue weighted by Crippen LogP contribution is -2.26. The van der Waals surface area contributed by atoms with E-state index in [9.17, 15) is 0 Å². The minimum absolute atomic E-state index is 0.117. The molecule has 1 rings (SSSR count). The van der Waals surface area contributed by atoms with Gasteiger partial charge in [-0.25, -0.2) is 0 Å². The minimum Gasteiger partial charge on any atom is -0.497 e. The molecule has 4 heteroatoms. The Morgan fingerprint density at radius 3 is 2.71 bits per heavy atom. The number of benzene rings is 1. The first-order valence-electron chi connectivity index (χ1n) is 5.86. The van der Waals surface area contributed by atoms with Crippen LogP contribution in [-0.4, -0.2) is 33.0 Å². The van der Waals surface area contributed by atoms with Crippen LogP contribution in [0.15, 0.2) is 24.3 Å². The molecule has 0 spiro atoms. The molecule has 0 aliphatic heterocycles. The lowest BCUT2D eigenvalue weighted by atomic mass is 10.3. The zero-order valence-electron chi connectivity index (χ0n) is 10.5. The number of hydrogen-bond acceptors (Lipinski definition) is 4. The molecule has 17 heavy (non-hydrogen) atoms. The van der Waals surface area contributed by atoms with Crippen LogP contribution in [0, 0.1) is 0 Å². The Bertz CT molecular complexity index is 317. The second-order valence-electron chi connectivity index (χ2n) is 3.77. The van der Waals surface area contributed by atoms with Crippen LogP contribution in [0.5, 0.6) is 11.5 Å². The van der Waals surface area contributed by atoms with Crippen molar-refractivity contribution in [3.05, 3.63) is 24.3 Å². The maximum absolute atomic E-state index is 5.72. The van der Waals surface area contributed by atoms with Gasteiger partial charge in [-0.2, -0.15) is 0 Å². The summed E-state index contributed by atoms with van der Waals surface area (Å²) in [7, 11) is 1.63. The van der Waals surface area contributed by atoms with Gasteiger partial charge in [0, 0.05) is 12.1 Å². The highest BCUT2D eigenvalue weighted by atomic mass is 16.5. The summed E-state index contributed by atoms with van der Waals surface area (Å²) in [5.74, 6) is 1.57. The predicted molar refractivity (Wildman–Crippen MR) is 67.6 cm³/mol. The fraction of sp³-hybridized carbons (Fsp3) is 0.538. The highest BCUT2D eigenvalue weighted by Crippen LogP contribution is 2.18. The van der Waals surface area contributed by atoms with Crippen LogP contribution in [0.2, 0.25) is 0 Å². The van der Waals surface area contributed by atoms with Gasteiger partial charge in [-0.1, -0.05) is 13.0 Å². The van der Waals surface area contributed by atoms with Gasteiger partial charge in [0.2, 0.25) is 0 Å². The Balaban J connectivity index is 2.17. The van der Waals surface area contributed by atoms with E-state index in [1.807, 2.05) is 31.2 Å². The van der Waals surface area contributed by atoms with Crippen molar-refractivity contribution in [1.29, 1.82) is 0 Å². The summed E-state index contributed by atoms with van der Waals surface area (Å²) in [5, 5.41) is 0. The summed E-state index contributed by atoms with van der Waals surface area (Å²) in [6.45, 7) is 3.69. The molecule has 0 heterocycles. The molecule has 0 aliphatic rings. The zero-order valence-corrected chi connectivity index (χ0v) is 10.5. The Hall–Kier alpha value is -1.26. The summed E-state index contributed by atoms with van der Waals surface area (Å²) >= 11 is 0. The summed E-state index contributed by atoms with van der Waals surface area (Å²) < 4.78 is 16.0. The van der Waals surface area contributed by atoms with E-state index in [0.29, 0.717) is 19.8 Å². The van der Waals surface area contributed by atoms with Gasteiger partial charge in [0.25, 0.3) is 0 Å². The molecule has 4 nitrogen and oxygen atoms in total. The molecule has 1 aromatic carbocycles. The second-order valence-corrected chi connectivity index (χ2v) is 3.77. The van der Waals surface area contributed by atoms with Gasteiger partial charge >= 0.3 is 0 Å². The zero-order chi connectivity index (χ0) is 12.5. The standard InChI is InChI=1S/C13H21NO3/c1-3-11(14)10-16-7-8-17-13-6-4-5-12(9-13)15-2/h4-6,9,11H,3,7-8,10,14H2,1-2H3. The van der Waals surface area contributed by atoms with Gasteiger partial charge in [-0.3, -0.25) is 0 Å². The van der Waals surface area contributed by atoms with Gasteiger partial charge < -0.3 is 19.9 Å². The molecule has 0 saturated carbocycles. The largest absolute Gasteiger partial charge is 0.497 e. The van der Waals surface area contributed by atoms with Crippen LogP contribution in [-0.2, 0) is 4.74 Å². The van der Waals surface area contributed by atoms with E-state index in [1.165, 1.54) is 0 Å². The van der Waals surface area contributed by atoms with Crippen molar-refractivity contribution in [3.8, 4) is 11.5 Å². The second kappa shape index (κ2) is 7.92. The molecule has 1 atom stereocenters. The van der Waals surface area contributed by atoms with Crippen LogP contribution >= 0.6 is 0 Å². The average Bonchev–Trinajstić information content (AvgIpc) is 2.38. The minimum atomic E-state index is 0.117. The number of rotatable bonds is 8. The SMILES string of the molecule is CCC(N)COCCOc1cccc(OC)c1.